The van der Waals surface area contributed by atoms with E-state index in [0.29, 0.717) is 35.5 Å². The van der Waals surface area contributed by atoms with E-state index in [1.54, 1.807) is 38.7 Å². The fourth-order valence-corrected chi connectivity index (χ4v) is 4.67. The lowest BCUT2D eigenvalue weighted by atomic mass is 9.79. The molecule has 1 atom stereocenters. The van der Waals surface area contributed by atoms with Gasteiger partial charge in [0, 0.05) is 32.1 Å². The smallest absolute Gasteiger partial charge is 0.270 e. The number of anilines is 1. The Hall–Kier alpha value is -3.53. The molecule has 0 unspecified atom stereocenters. The summed E-state index contributed by atoms with van der Waals surface area (Å²) in [5.74, 6) is 1.16. The predicted molar refractivity (Wildman–Crippen MR) is 129 cm³/mol. The standard InChI is InChI=1S/C25H32N6O4/c1-15-5-7-17(8-6-15)23(29-24(32)20-11-12-27-31(20)3)25(33)28-21-10-9-18(13-26-21)22-16(2)35-30-19(22)14-34-4/h9-13,15,17,23H,5-8,14H2,1-4H3,(H,29,32)(H,26,28,33)/t15-,17-,23-/m0/s1. The Morgan fingerprint density at radius 2 is 2.00 bits per heavy atom. The molecule has 3 aromatic heterocycles. The first-order valence-corrected chi connectivity index (χ1v) is 11.9. The maximum atomic E-state index is 13.4. The fourth-order valence-electron chi connectivity index (χ4n) is 4.67. The minimum absolute atomic E-state index is 0.0545. The van der Waals surface area contributed by atoms with Gasteiger partial charge in [-0.15, -0.1) is 0 Å². The SMILES string of the molecule is COCc1noc(C)c1-c1ccc(NC(=O)[C@@H](NC(=O)c2ccnn2C)[C@H]2CC[C@H](C)CC2)nc1. The second-order valence-electron chi connectivity index (χ2n) is 9.23. The van der Waals surface area contributed by atoms with Gasteiger partial charge in [0.05, 0.1) is 12.2 Å². The molecule has 0 radical (unpaired) electrons. The Balaban J connectivity index is 1.50. The number of carbonyl (C=O) groups is 2. The van der Waals surface area contributed by atoms with E-state index in [0.717, 1.165) is 36.8 Å². The number of carbonyl (C=O) groups excluding carboxylic acids is 2. The van der Waals surface area contributed by atoms with Gasteiger partial charge in [0.15, 0.2) is 0 Å². The van der Waals surface area contributed by atoms with Gasteiger partial charge in [-0.25, -0.2) is 4.98 Å². The topological polar surface area (TPSA) is 124 Å². The molecule has 3 heterocycles. The lowest BCUT2D eigenvalue weighted by molar-refractivity contribution is -0.119. The number of hydrogen-bond donors (Lipinski definition) is 2. The highest BCUT2D eigenvalue weighted by atomic mass is 16.5. The molecule has 0 aliphatic heterocycles. The number of methoxy groups -OCH3 is 1. The molecule has 2 N–H and O–H groups in total. The number of aryl methyl sites for hydroxylation is 2. The molecule has 1 fully saturated rings. The molecular weight excluding hydrogens is 448 g/mol. The third kappa shape index (κ3) is 5.59. The van der Waals surface area contributed by atoms with Crippen LogP contribution in [0.4, 0.5) is 5.82 Å². The summed E-state index contributed by atoms with van der Waals surface area (Å²) in [6, 6.07) is 4.56. The van der Waals surface area contributed by atoms with Gasteiger partial charge >= 0.3 is 0 Å². The van der Waals surface area contributed by atoms with Crippen LogP contribution in [0.3, 0.4) is 0 Å². The van der Waals surface area contributed by atoms with Crippen LogP contribution < -0.4 is 10.6 Å². The first-order valence-electron chi connectivity index (χ1n) is 11.9. The van der Waals surface area contributed by atoms with Gasteiger partial charge in [-0.3, -0.25) is 14.3 Å². The van der Waals surface area contributed by atoms with Crippen molar-refractivity contribution in [3.05, 3.63) is 47.7 Å². The molecule has 4 rings (SSSR count). The Bertz CT molecular complexity index is 1160. The monoisotopic (exact) mass is 480 g/mol. The van der Waals surface area contributed by atoms with Crippen LogP contribution in [0.5, 0.6) is 0 Å². The highest BCUT2D eigenvalue weighted by Crippen LogP contribution is 2.31. The molecule has 0 spiro atoms. The number of amides is 2. The summed E-state index contributed by atoms with van der Waals surface area (Å²) < 4.78 is 12.0. The van der Waals surface area contributed by atoms with Crippen LogP contribution in [0.1, 0.15) is 54.5 Å². The number of hydrogen-bond acceptors (Lipinski definition) is 7. The van der Waals surface area contributed by atoms with E-state index in [2.05, 4.69) is 32.8 Å². The van der Waals surface area contributed by atoms with E-state index in [4.69, 9.17) is 9.26 Å². The minimum Gasteiger partial charge on any atom is -0.378 e. The van der Waals surface area contributed by atoms with Crippen molar-refractivity contribution >= 4 is 17.6 Å². The van der Waals surface area contributed by atoms with Gasteiger partial charge in [0.25, 0.3) is 5.91 Å². The van der Waals surface area contributed by atoms with Gasteiger partial charge in [-0.2, -0.15) is 5.10 Å². The quantitative estimate of drug-likeness (QED) is 0.506. The third-order valence-corrected chi connectivity index (χ3v) is 6.67. The molecule has 186 valence electrons. The summed E-state index contributed by atoms with van der Waals surface area (Å²) >= 11 is 0. The van der Waals surface area contributed by atoms with Crippen molar-refractivity contribution in [1.29, 1.82) is 0 Å². The first kappa shape index (κ1) is 24.6. The number of nitrogens with zero attached hydrogens (tertiary/aromatic N) is 4. The number of rotatable bonds is 8. The molecule has 0 aromatic carbocycles. The summed E-state index contributed by atoms with van der Waals surface area (Å²) in [5.41, 5.74) is 2.74. The largest absolute Gasteiger partial charge is 0.378 e. The third-order valence-electron chi connectivity index (χ3n) is 6.67. The second kappa shape index (κ2) is 10.8. The lowest BCUT2D eigenvalue weighted by Crippen LogP contribution is -2.49. The zero-order chi connectivity index (χ0) is 24.9. The summed E-state index contributed by atoms with van der Waals surface area (Å²) in [5, 5.41) is 13.9. The predicted octanol–water partition coefficient (Wildman–Crippen LogP) is 3.49. The van der Waals surface area contributed by atoms with E-state index in [-0.39, 0.29) is 17.7 Å². The Morgan fingerprint density at radius 3 is 2.63 bits per heavy atom. The summed E-state index contributed by atoms with van der Waals surface area (Å²) in [6.45, 7) is 4.38. The molecule has 1 saturated carbocycles. The summed E-state index contributed by atoms with van der Waals surface area (Å²) in [6.07, 6.45) is 7.06. The van der Waals surface area contributed by atoms with E-state index in [1.165, 1.54) is 4.68 Å². The molecule has 0 bridgehead atoms. The highest BCUT2D eigenvalue weighted by Gasteiger charge is 2.33. The van der Waals surface area contributed by atoms with Crippen LogP contribution in [-0.2, 0) is 23.2 Å². The number of pyridine rings is 1. The second-order valence-corrected chi connectivity index (χ2v) is 9.23. The summed E-state index contributed by atoms with van der Waals surface area (Å²) in [7, 11) is 3.30. The lowest BCUT2D eigenvalue weighted by Gasteiger charge is -2.32. The van der Waals surface area contributed by atoms with Crippen LogP contribution >= 0.6 is 0 Å². The molecule has 10 nitrogen and oxygen atoms in total. The van der Waals surface area contributed by atoms with Gasteiger partial charge < -0.3 is 19.9 Å². The molecule has 10 heteroatoms. The van der Waals surface area contributed by atoms with Crippen molar-refractivity contribution in [1.82, 2.24) is 25.2 Å². The maximum absolute atomic E-state index is 13.4. The number of nitrogens with one attached hydrogen (secondary N) is 2. The van der Waals surface area contributed by atoms with Crippen LogP contribution in [0.25, 0.3) is 11.1 Å². The van der Waals surface area contributed by atoms with Gasteiger partial charge in [-0.1, -0.05) is 24.9 Å². The van der Waals surface area contributed by atoms with Crippen LogP contribution in [-0.4, -0.2) is 44.9 Å². The maximum Gasteiger partial charge on any atom is 0.270 e. The molecular formula is C25H32N6O4. The minimum atomic E-state index is -0.667. The van der Waals surface area contributed by atoms with Crippen molar-refractivity contribution in [3.63, 3.8) is 0 Å². The zero-order valence-electron chi connectivity index (χ0n) is 20.6. The number of aromatic nitrogens is 4. The molecule has 35 heavy (non-hydrogen) atoms. The van der Waals surface area contributed by atoms with E-state index < -0.39 is 6.04 Å². The number of ether oxygens (including phenoxy) is 1. The highest BCUT2D eigenvalue weighted by molar-refractivity contribution is 6.00. The van der Waals surface area contributed by atoms with Crippen molar-refractivity contribution in [2.75, 3.05) is 12.4 Å². The van der Waals surface area contributed by atoms with Crippen molar-refractivity contribution in [2.45, 2.75) is 52.2 Å². The molecule has 0 saturated heterocycles. The van der Waals surface area contributed by atoms with Crippen molar-refractivity contribution in [2.24, 2.45) is 18.9 Å². The zero-order valence-corrected chi connectivity index (χ0v) is 20.6. The van der Waals surface area contributed by atoms with E-state index in [1.807, 2.05) is 13.0 Å². The Kier molecular flexibility index (Phi) is 7.60. The van der Waals surface area contributed by atoms with E-state index in [9.17, 15) is 9.59 Å². The first-order chi connectivity index (χ1) is 16.9. The molecule has 1 aliphatic carbocycles. The van der Waals surface area contributed by atoms with Crippen LogP contribution in [0, 0.1) is 18.8 Å². The van der Waals surface area contributed by atoms with Crippen LogP contribution in [0.15, 0.2) is 35.1 Å². The van der Waals surface area contributed by atoms with Crippen molar-refractivity contribution in [3.8, 4) is 11.1 Å². The van der Waals surface area contributed by atoms with E-state index >= 15 is 0 Å². The Labute approximate surface area is 204 Å². The average molecular weight is 481 g/mol. The van der Waals surface area contributed by atoms with Gasteiger partial charge in [-0.05, 0) is 49.8 Å². The normalized spacial score (nSPS) is 18.7. The fraction of sp³-hybridized carbons (Fsp3) is 0.480. The van der Waals surface area contributed by atoms with Gasteiger partial charge in [0.2, 0.25) is 5.91 Å². The molecule has 2 amide bonds. The Morgan fingerprint density at radius 1 is 1.23 bits per heavy atom. The van der Waals surface area contributed by atoms with Crippen LogP contribution in [0.2, 0.25) is 0 Å². The van der Waals surface area contributed by atoms with Crippen molar-refractivity contribution < 1.29 is 18.8 Å². The molecule has 3 aromatic rings. The van der Waals surface area contributed by atoms with Gasteiger partial charge in [0.1, 0.15) is 29.0 Å². The molecule has 1 aliphatic rings. The summed E-state index contributed by atoms with van der Waals surface area (Å²) in [4.78, 5) is 30.7. The average Bonchev–Trinajstić information content (AvgIpc) is 3.44.